The molecule has 20 heavy (non-hydrogen) atoms. The Morgan fingerprint density at radius 1 is 1.30 bits per heavy atom. The number of benzene rings is 2. The van der Waals surface area contributed by atoms with Crippen molar-refractivity contribution >= 4 is 40.6 Å². The number of rotatable bonds is 4. The molecule has 0 aromatic heterocycles. The van der Waals surface area contributed by atoms with Crippen LogP contribution in [0.3, 0.4) is 0 Å². The van der Waals surface area contributed by atoms with Gasteiger partial charge in [-0.3, -0.25) is 4.79 Å². The van der Waals surface area contributed by atoms with Crippen molar-refractivity contribution < 1.29 is 4.79 Å². The zero-order valence-corrected chi connectivity index (χ0v) is 12.6. The SMILES string of the molecule is Cc1cc(N)c(Cl)cc1NC(=O)CSc1ccccc1. The van der Waals surface area contributed by atoms with E-state index in [1.54, 1.807) is 12.1 Å². The molecule has 0 heterocycles. The number of halogens is 1. The Balaban J connectivity index is 1.97. The molecular formula is C15H15ClN2OS. The highest BCUT2D eigenvalue weighted by molar-refractivity contribution is 8.00. The summed E-state index contributed by atoms with van der Waals surface area (Å²) in [4.78, 5) is 13.0. The van der Waals surface area contributed by atoms with Crippen LogP contribution in [0.2, 0.25) is 5.02 Å². The highest BCUT2D eigenvalue weighted by atomic mass is 35.5. The third kappa shape index (κ3) is 3.92. The van der Waals surface area contributed by atoms with Gasteiger partial charge in [-0.2, -0.15) is 0 Å². The summed E-state index contributed by atoms with van der Waals surface area (Å²) in [6, 6.07) is 13.2. The molecule has 0 aliphatic carbocycles. The van der Waals surface area contributed by atoms with Crippen LogP contribution >= 0.6 is 23.4 Å². The first-order valence-electron chi connectivity index (χ1n) is 6.09. The highest BCUT2D eigenvalue weighted by Gasteiger charge is 2.08. The van der Waals surface area contributed by atoms with Crippen LogP contribution in [0.25, 0.3) is 0 Å². The maximum atomic E-state index is 11.9. The fourth-order valence-electron chi connectivity index (χ4n) is 1.69. The van der Waals surface area contributed by atoms with Crippen molar-refractivity contribution in [2.45, 2.75) is 11.8 Å². The Morgan fingerprint density at radius 3 is 2.70 bits per heavy atom. The Labute approximate surface area is 127 Å². The molecule has 5 heteroatoms. The summed E-state index contributed by atoms with van der Waals surface area (Å²) >= 11 is 7.45. The molecule has 3 N–H and O–H groups in total. The normalized spacial score (nSPS) is 10.3. The summed E-state index contributed by atoms with van der Waals surface area (Å²) < 4.78 is 0. The lowest BCUT2D eigenvalue weighted by Crippen LogP contribution is -2.15. The average Bonchev–Trinajstić information content (AvgIpc) is 2.44. The van der Waals surface area contributed by atoms with Gasteiger partial charge in [-0.05, 0) is 36.8 Å². The molecule has 0 atom stereocenters. The first kappa shape index (κ1) is 14.8. The van der Waals surface area contributed by atoms with Crippen molar-refractivity contribution in [3.63, 3.8) is 0 Å². The molecule has 0 bridgehead atoms. The van der Waals surface area contributed by atoms with Crippen LogP contribution in [0.4, 0.5) is 11.4 Å². The number of nitrogens with one attached hydrogen (secondary N) is 1. The molecule has 0 saturated heterocycles. The van der Waals surface area contributed by atoms with Gasteiger partial charge < -0.3 is 11.1 Å². The Kier molecular flexibility index (Phi) is 4.93. The Morgan fingerprint density at radius 2 is 2.00 bits per heavy atom. The van der Waals surface area contributed by atoms with E-state index < -0.39 is 0 Å². The fourth-order valence-corrected chi connectivity index (χ4v) is 2.57. The molecule has 0 radical (unpaired) electrons. The minimum absolute atomic E-state index is 0.0669. The van der Waals surface area contributed by atoms with Gasteiger partial charge in [0, 0.05) is 10.6 Å². The van der Waals surface area contributed by atoms with Gasteiger partial charge in [0.05, 0.1) is 16.5 Å². The number of carbonyl (C=O) groups excluding carboxylic acids is 1. The number of hydrogen-bond acceptors (Lipinski definition) is 3. The predicted octanol–water partition coefficient (Wildman–Crippen LogP) is 3.96. The molecule has 2 aromatic rings. The van der Waals surface area contributed by atoms with E-state index in [2.05, 4.69) is 5.32 Å². The zero-order chi connectivity index (χ0) is 14.5. The van der Waals surface area contributed by atoms with Gasteiger partial charge in [-0.1, -0.05) is 29.8 Å². The van der Waals surface area contributed by atoms with E-state index in [4.69, 9.17) is 17.3 Å². The second-order valence-corrected chi connectivity index (χ2v) is 5.79. The molecule has 0 spiro atoms. The van der Waals surface area contributed by atoms with Crippen LogP contribution in [-0.2, 0) is 4.79 Å². The van der Waals surface area contributed by atoms with Crippen LogP contribution < -0.4 is 11.1 Å². The standard InChI is InChI=1S/C15H15ClN2OS/c1-10-7-13(17)12(16)8-14(10)18-15(19)9-20-11-5-3-2-4-6-11/h2-8H,9,17H2,1H3,(H,18,19). The summed E-state index contributed by atoms with van der Waals surface area (Å²) in [6.07, 6.45) is 0. The van der Waals surface area contributed by atoms with E-state index in [9.17, 15) is 4.79 Å². The van der Waals surface area contributed by atoms with E-state index in [1.165, 1.54) is 11.8 Å². The maximum absolute atomic E-state index is 11.9. The van der Waals surface area contributed by atoms with Crippen molar-refractivity contribution in [1.29, 1.82) is 0 Å². The summed E-state index contributed by atoms with van der Waals surface area (Å²) in [7, 11) is 0. The van der Waals surface area contributed by atoms with Crippen molar-refractivity contribution in [3.05, 3.63) is 53.1 Å². The van der Waals surface area contributed by atoms with Gasteiger partial charge in [0.25, 0.3) is 0 Å². The maximum Gasteiger partial charge on any atom is 0.234 e. The minimum Gasteiger partial charge on any atom is -0.398 e. The lowest BCUT2D eigenvalue weighted by atomic mass is 10.2. The highest BCUT2D eigenvalue weighted by Crippen LogP contribution is 2.27. The second-order valence-electron chi connectivity index (χ2n) is 4.34. The summed E-state index contributed by atoms with van der Waals surface area (Å²) in [5.41, 5.74) is 7.81. The monoisotopic (exact) mass is 306 g/mol. The third-order valence-electron chi connectivity index (χ3n) is 2.73. The number of thioether (sulfide) groups is 1. The van der Waals surface area contributed by atoms with E-state index in [1.807, 2.05) is 37.3 Å². The number of carbonyl (C=O) groups is 1. The Hall–Kier alpha value is -1.65. The molecule has 0 aliphatic heterocycles. The number of nitrogens with two attached hydrogens (primary N) is 1. The van der Waals surface area contributed by atoms with E-state index >= 15 is 0 Å². The largest absolute Gasteiger partial charge is 0.398 e. The van der Waals surface area contributed by atoms with E-state index in [0.29, 0.717) is 22.2 Å². The predicted molar refractivity (Wildman–Crippen MR) is 86.4 cm³/mol. The van der Waals surface area contributed by atoms with Crippen molar-refractivity contribution in [1.82, 2.24) is 0 Å². The van der Waals surface area contributed by atoms with Crippen LogP contribution in [0, 0.1) is 6.92 Å². The number of nitrogen functional groups attached to an aromatic ring is 1. The molecule has 0 fully saturated rings. The lowest BCUT2D eigenvalue weighted by Gasteiger charge is -2.10. The summed E-state index contributed by atoms with van der Waals surface area (Å²) in [5, 5.41) is 3.29. The van der Waals surface area contributed by atoms with Crippen LogP contribution in [0.1, 0.15) is 5.56 Å². The molecule has 2 rings (SSSR count). The number of amides is 1. The lowest BCUT2D eigenvalue weighted by molar-refractivity contribution is -0.113. The van der Waals surface area contributed by atoms with Crippen LogP contribution in [0.15, 0.2) is 47.4 Å². The topological polar surface area (TPSA) is 55.1 Å². The van der Waals surface area contributed by atoms with Crippen molar-refractivity contribution in [2.24, 2.45) is 0 Å². The molecule has 104 valence electrons. The molecule has 0 aliphatic rings. The van der Waals surface area contributed by atoms with E-state index in [0.717, 1.165) is 10.5 Å². The fraction of sp³-hybridized carbons (Fsp3) is 0.133. The van der Waals surface area contributed by atoms with Gasteiger partial charge in [0.15, 0.2) is 0 Å². The van der Waals surface area contributed by atoms with Crippen LogP contribution in [0.5, 0.6) is 0 Å². The minimum atomic E-state index is -0.0669. The summed E-state index contributed by atoms with van der Waals surface area (Å²) in [6.45, 7) is 1.88. The molecule has 0 saturated carbocycles. The first-order chi connectivity index (χ1) is 9.56. The quantitative estimate of drug-likeness (QED) is 0.664. The zero-order valence-electron chi connectivity index (χ0n) is 11.0. The molecule has 0 unspecified atom stereocenters. The van der Waals surface area contributed by atoms with Crippen molar-refractivity contribution in [2.75, 3.05) is 16.8 Å². The first-order valence-corrected chi connectivity index (χ1v) is 7.46. The van der Waals surface area contributed by atoms with Crippen LogP contribution in [-0.4, -0.2) is 11.7 Å². The van der Waals surface area contributed by atoms with Gasteiger partial charge in [0.2, 0.25) is 5.91 Å². The molecule has 3 nitrogen and oxygen atoms in total. The average molecular weight is 307 g/mol. The number of anilines is 2. The number of hydrogen-bond donors (Lipinski definition) is 2. The Bertz CT molecular complexity index is 617. The summed E-state index contributed by atoms with van der Waals surface area (Å²) in [5.74, 6) is 0.286. The van der Waals surface area contributed by atoms with Crippen molar-refractivity contribution in [3.8, 4) is 0 Å². The van der Waals surface area contributed by atoms with E-state index in [-0.39, 0.29) is 5.91 Å². The smallest absolute Gasteiger partial charge is 0.234 e. The number of aryl methyl sites for hydroxylation is 1. The van der Waals surface area contributed by atoms with Gasteiger partial charge >= 0.3 is 0 Å². The van der Waals surface area contributed by atoms with Gasteiger partial charge in [-0.15, -0.1) is 11.8 Å². The van der Waals surface area contributed by atoms with Gasteiger partial charge in [0.1, 0.15) is 0 Å². The third-order valence-corrected chi connectivity index (χ3v) is 4.07. The molecule has 1 amide bonds. The molecular weight excluding hydrogens is 292 g/mol. The molecule has 2 aromatic carbocycles. The second kappa shape index (κ2) is 6.68. The van der Waals surface area contributed by atoms with Gasteiger partial charge in [-0.25, -0.2) is 0 Å².